The van der Waals surface area contributed by atoms with Gasteiger partial charge in [0.05, 0.1) is 35.2 Å². The van der Waals surface area contributed by atoms with Gasteiger partial charge in [0.2, 0.25) is 0 Å². The van der Waals surface area contributed by atoms with Crippen molar-refractivity contribution in [2.24, 2.45) is 5.73 Å². The molecule has 0 fully saturated rings. The Morgan fingerprint density at radius 2 is 2.18 bits per heavy atom. The third kappa shape index (κ3) is 1.90. The molecule has 0 aliphatic heterocycles. The first-order valence-corrected chi connectivity index (χ1v) is 5.95. The molecule has 2 heterocycles. The van der Waals surface area contributed by atoms with Crippen LogP contribution in [0.25, 0.3) is 10.9 Å². The van der Waals surface area contributed by atoms with Crippen LogP contribution >= 0.6 is 11.7 Å². The molecule has 84 valence electrons. The lowest BCUT2D eigenvalue weighted by atomic mass is 10.0. The van der Waals surface area contributed by atoms with E-state index in [1.807, 2.05) is 30.3 Å². The molecule has 0 bridgehead atoms. The van der Waals surface area contributed by atoms with Crippen LogP contribution < -0.4 is 5.73 Å². The highest BCUT2D eigenvalue weighted by atomic mass is 32.1. The number of benzene rings is 1. The van der Waals surface area contributed by atoms with E-state index in [0.29, 0.717) is 0 Å². The number of aromatic nitrogens is 3. The van der Waals surface area contributed by atoms with Crippen molar-refractivity contribution >= 4 is 22.6 Å². The molecule has 0 saturated heterocycles. The van der Waals surface area contributed by atoms with Gasteiger partial charge in [0.25, 0.3) is 0 Å². The van der Waals surface area contributed by atoms with Crippen molar-refractivity contribution in [2.75, 3.05) is 0 Å². The van der Waals surface area contributed by atoms with E-state index < -0.39 is 0 Å². The van der Waals surface area contributed by atoms with Crippen LogP contribution in [-0.2, 0) is 0 Å². The first-order chi connectivity index (χ1) is 8.34. The van der Waals surface area contributed by atoms with Crippen LogP contribution in [0.3, 0.4) is 0 Å². The number of fused-ring (bicyclic) bond motifs is 1. The average Bonchev–Trinajstić information content (AvgIpc) is 2.91. The summed E-state index contributed by atoms with van der Waals surface area (Å²) in [7, 11) is 0. The zero-order valence-corrected chi connectivity index (χ0v) is 9.76. The summed E-state index contributed by atoms with van der Waals surface area (Å²) in [5, 5.41) is 1.09. The molecule has 3 aromatic rings. The van der Waals surface area contributed by atoms with Gasteiger partial charge in [0.15, 0.2) is 0 Å². The second-order valence-corrected chi connectivity index (χ2v) is 4.32. The van der Waals surface area contributed by atoms with Crippen molar-refractivity contribution in [3.05, 3.63) is 54.0 Å². The molecule has 0 amide bonds. The molecule has 0 spiro atoms. The smallest absolute Gasteiger partial charge is 0.0955 e. The minimum absolute atomic E-state index is 0.224. The Bertz CT molecular complexity index is 636. The molecule has 2 N–H and O–H groups in total. The fourth-order valence-electron chi connectivity index (χ4n) is 1.77. The Hall–Kier alpha value is -1.85. The summed E-state index contributed by atoms with van der Waals surface area (Å²) >= 11 is 1.17. The molecule has 0 radical (unpaired) electrons. The zero-order chi connectivity index (χ0) is 11.7. The van der Waals surface area contributed by atoms with E-state index in [9.17, 15) is 0 Å². The van der Waals surface area contributed by atoms with Gasteiger partial charge in [-0.2, -0.15) is 8.75 Å². The van der Waals surface area contributed by atoms with Crippen LogP contribution in [0, 0.1) is 0 Å². The first kappa shape index (κ1) is 10.3. The van der Waals surface area contributed by atoms with E-state index in [2.05, 4.69) is 13.7 Å². The molecule has 3 rings (SSSR count). The minimum Gasteiger partial charge on any atom is -0.319 e. The maximum atomic E-state index is 6.14. The second kappa shape index (κ2) is 4.20. The van der Waals surface area contributed by atoms with E-state index in [4.69, 9.17) is 5.73 Å². The Kier molecular flexibility index (Phi) is 2.55. The highest BCUT2D eigenvalue weighted by molar-refractivity contribution is 6.99. The van der Waals surface area contributed by atoms with Crippen molar-refractivity contribution in [1.82, 2.24) is 13.7 Å². The van der Waals surface area contributed by atoms with Crippen molar-refractivity contribution in [3.63, 3.8) is 0 Å². The van der Waals surface area contributed by atoms with E-state index in [-0.39, 0.29) is 6.04 Å². The summed E-state index contributed by atoms with van der Waals surface area (Å²) in [6, 6.07) is 9.73. The Morgan fingerprint density at radius 1 is 1.24 bits per heavy atom. The normalized spacial score (nSPS) is 12.8. The van der Waals surface area contributed by atoms with Gasteiger partial charge in [0.1, 0.15) is 0 Å². The molecular formula is C12H10N4S. The molecule has 1 unspecified atom stereocenters. The number of hydrogen-bond donors (Lipinski definition) is 1. The molecule has 5 heteroatoms. The molecule has 2 aromatic heterocycles. The molecule has 0 saturated carbocycles. The molecule has 4 nitrogen and oxygen atoms in total. The van der Waals surface area contributed by atoms with Gasteiger partial charge in [-0.25, -0.2) is 0 Å². The summed E-state index contributed by atoms with van der Waals surface area (Å²) < 4.78 is 8.13. The van der Waals surface area contributed by atoms with Gasteiger partial charge in [-0.3, -0.25) is 4.98 Å². The average molecular weight is 242 g/mol. The van der Waals surface area contributed by atoms with Crippen molar-refractivity contribution in [2.45, 2.75) is 6.04 Å². The predicted octanol–water partition coefficient (Wildman–Crippen LogP) is 2.13. The lowest BCUT2D eigenvalue weighted by Crippen LogP contribution is -2.11. The number of rotatable bonds is 2. The zero-order valence-electron chi connectivity index (χ0n) is 8.95. The van der Waals surface area contributed by atoms with E-state index in [1.165, 1.54) is 11.7 Å². The fourth-order valence-corrected chi connectivity index (χ4v) is 2.22. The summed E-state index contributed by atoms with van der Waals surface area (Å²) in [6.45, 7) is 0. The fraction of sp³-hybridized carbons (Fsp3) is 0.0833. The van der Waals surface area contributed by atoms with Crippen LogP contribution in [0.4, 0.5) is 0 Å². The molecule has 1 aromatic carbocycles. The first-order valence-electron chi connectivity index (χ1n) is 5.22. The van der Waals surface area contributed by atoms with Crippen LogP contribution in [0.1, 0.15) is 17.3 Å². The van der Waals surface area contributed by atoms with Gasteiger partial charge in [-0.1, -0.05) is 12.1 Å². The summed E-state index contributed by atoms with van der Waals surface area (Å²) in [5.74, 6) is 0. The summed E-state index contributed by atoms with van der Waals surface area (Å²) in [4.78, 5) is 4.28. The Labute approximate surface area is 102 Å². The molecule has 1 atom stereocenters. The van der Waals surface area contributed by atoms with Crippen LogP contribution in [0.5, 0.6) is 0 Å². The second-order valence-electron chi connectivity index (χ2n) is 3.77. The van der Waals surface area contributed by atoms with Gasteiger partial charge < -0.3 is 5.73 Å². The predicted molar refractivity (Wildman–Crippen MR) is 67.7 cm³/mol. The van der Waals surface area contributed by atoms with Gasteiger partial charge in [-0.05, 0) is 23.8 Å². The summed E-state index contributed by atoms with van der Waals surface area (Å²) in [6.07, 6.45) is 3.50. The Morgan fingerprint density at radius 3 is 3.00 bits per heavy atom. The minimum atomic E-state index is -0.224. The molecule has 17 heavy (non-hydrogen) atoms. The van der Waals surface area contributed by atoms with E-state index in [0.717, 1.165) is 22.2 Å². The highest BCUT2D eigenvalue weighted by Gasteiger charge is 2.11. The number of pyridine rings is 1. The van der Waals surface area contributed by atoms with Gasteiger partial charge in [-0.15, -0.1) is 0 Å². The maximum absolute atomic E-state index is 6.14. The van der Waals surface area contributed by atoms with Crippen molar-refractivity contribution in [1.29, 1.82) is 0 Å². The van der Waals surface area contributed by atoms with E-state index in [1.54, 1.807) is 12.4 Å². The highest BCUT2D eigenvalue weighted by Crippen LogP contribution is 2.21. The quantitative estimate of drug-likeness (QED) is 0.747. The van der Waals surface area contributed by atoms with Crippen LogP contribution in [0.2, 0.25) is 0 Å². The van der Waals surface area contributed by atoms with Crippen LogP contribution in [-0.4, -0.2) is 13.7 Å². The Balaban J connectivity index is 2.06. The van der Waals surface area contributed by atoms with E-state index >= 15 is 0 Å². The lowest BCUT2D eigenvalue weighted by molar-refractivity contribution is 0.845. The summed E-state index contributed by atoms with van der Waals surface area (Å²) in [5.41, 5.74) is 8.94. The monoisotopic (exact) mass is 242 g/mol. The number of hydrogen-bond acceptors (Lipinski definition) is 5. The third-order valence-corrected chi connectivity index (χ3v) is 3.18. The van der Waals surface area contributed by atoms with Crippen LogP contribution in [0.15, 0.2) is 42.7 Å². The van der Waals surface area contributed by atoms with Crippen molar-refractivity contribution < 1.29 is 0 Å². The van der Waals surface area contributed by atoms with Gasteiger partial charge >= 0.3 is 0 Å². The number of nitrogens with two attached hydrogens (primary N) is 1. The topological polar surface area (TPSA) is 64.7 Å². The standard InChI is InChI=1S/C12H10N4S/c13-12(11-7-15-17-16-11)9-3-4-10-8(6-9)2-1-5-14-10/h1-7,12H,13H2. The molecule has 0 aliphatic rings. The largest absolute Gasteiger partial charge is 0.319 e. The SMILES string of the molecule is NC(c1ccc2ncccc2c1)c1cnsn1. The lowest BCUT2D eigenvalue weighted by Gasteiger charge is -2.09. The van der Waals surface area contributed by atoms with Gasteiger partial charge in [0, 0.05) is 11.6 Å². The van der Waals surface area contributed by atoms with Crippen molar-refractivity contribution in [3.8, 4) is 0 Å². The maximum Gasteiger partial charge on any atom is 0.0955 e. The third-order valence-electron chi connectivity index (χ3n) is 2.68. The number of nitrogens with zero attached hydrogens (tertiary/aromatic N) is 3. The molecular weight excluding hydrogens is 232 g/mol. The molecule has 0 aliphatic carbocycles.